The Balaban J connectivity index is 0.000000438. The number of aliphatic carboxylic acids is 2. The normalized spacial score (nSPS) is 11.6. The number of halogens is 1. The molecule has 1 aromatic heterocycles. The topological polar surface area (TPSA) is 140 Å². The second-order valence-corrected chi connectivity index (χ2v) is 7.54. The minimum Gasteiger partial charge on any atom is -0.473 e. The minimum atomic E-state index is -1.82. The number of thiophene rings is 1. The molecule has 0 radical (unpaired) electrons. The lowest BCUT2D eigenvalue weighted by atomic mass is 10.1. The van der Waals surface area contributed by atoms with Gasteiger partial charge in [-0.25, -0.2) is 9.59 Å². The van der Waals surface area contributed by atoms with Crippen molar-refractivity contribution in [1.29, 1.82) is 5.26 Å². The number of fused-ring (bicyclic) bond motifs is 1. The highest BCUT2D eigenvalue weighted by Gasteiger charge is 2.22. The molecule has 1 aliphatic rings. The quantitative estimate of drug-likeness (QED) is 0.529. The van der Waals surface area contributed by atoms with Crippen LogP contribution in [0.25, 0.3) is 0 Å². The van der Waals surface area contributed by atoms with Crippen LogP contribution in [0.15, 0.2) is 24.3 Å². The molecule has 4 N–H and O–H groups in total. The molecule has 2 aromatic rings. The first-order valence-corrected chi connectivity index (χ1v) is 9.77. The van der Waals surface area contributed by atoms with E-state index < -0.39 is 11.9 Å². The van der Waals surface area contributed by atoms with Gasteiger partial charge in [0.05, 0.1) is 12.1 Å². The van der Waals surface area contributed by atoms with E-state index in [9.17, 15) is 10.1 Å². The van der Waals surface area contributed by atoms with Gasteiger partial charge in [-0.15, -0.1) is 11.3 Å². The van der Waals surface area contributed by atoms with Gasteiger partial charge in [0.2, 0.25) is 5.91 Å². The first kappa shape index (κ1) is 22.4. The van der Waals surface area contributed by atoms with E-state index in [1.165, 1.54) is 16.2 Å². The summed E-state index contributed by atoms with van der Waals surface area (Å²) >= 11 is 7.61. The number of rotatable bonds is 5. The Hall–Kier alpha value is -2.93. The van der Waals surface area contributed by atoms with E-state index in [2.05, 4.69) is 16.7 Å². The Bertz CT molecular complexity index is 955. The zero-order chi connectivity index (χ0) is 21.4. The largest absolute Gasteiger partial charge is 0.473 e. The molecule has 0 spiro atoms. The smallest absolute Gasteiger partial charge is 0.414 e. The zero-order valence-corrected chi connectivity index (χ0v) is 16.8. The standard InChI is InChI=1S/C17H16ClN3OS.C2H2O4/c18-14-6-2-1-4-11(14)9-20-10-16(22)21-17-13(8-19)12-5-3-7-15(12)23-17;3-1(4)2(5)6/h1-2,4,6,20H,3,5,7,9-10H2,(H,21,22);(H,3,4)(H,5,6). The Labute approximate surface area is 175 Å². The summed E-state index contributed by atoms with van der Waals surface area (Å²) in [4.78, 5) is 31.5. The van der Waals surface area contributed by atoms with Gasteiger partial charge < -0.3 is 20.8 Å². The van der Waals surface area contributed by atoms with Crippen molar-refractivity contribution in [2.45, 2.75) is 25.8 Å². The van der Waals surface area contributed by atoms with Crippen LogP contribution in [0.3, 0.4) is 0 Å². The summed E-state index contributed by atoms with van der Waals surface area (Å²) in [6, 6.07) is 9.76. The van der Waals surface area contributed by atoms with Crippen molar-refractivity contribution in [3.63, 3.8) is 0 Å². The van der Waals surface area contributed by atoms with E-state index in [0.29, 0.717) is 22.1 Å². The molecular formula is C19H18ClN3O5S. The lowest BCUT2D eigenvalue weighted by Crippen LogP contribution is -2.27. The molecular weight excluding hydrogens is 418 g/mol. The molecule has 0 fully saturated rings. The summed E-state index contributed by atoms with van der Waals surface area (Å²) in [5.74, 6) is -3.79. The number of benzene rings is 1. The lowest BCUT2D eigenvalue weighted by molar-refractivity contribution is -0.159. The predicted molar refractivity (Wildman–Crippen MR) is 108 cm³/mol. The highest BCUT2D eigenvalue weighted by Crippen LogP contribution is 2.38. The number of hydrogen-bond acceptors (Lipinski definition) is 6. The van der Waals surface area contributed by atoms with Crippen molar-refractivity contribution in [2.24, 2.45) is 0 Å². The molecule has 1 aromatic carbocycles. The monoisotopic (exact) mass is 435 g/mol. The molecule has 0 bridgehead atoms. The Morgan fingerprint density at radius 2 is 1.86 bits per heavy atom. The van der Waals surface area contributed by atoms with Crippen molar-refractivity contribution in [1.82, 2.24) is 5.32 Å². The van der Waals surface area contributed by atoms with Gasteiger partial charge in [0, 0.05) is 16.4 Å². The molecule has 1 amide bonds. The van der Waals surface area contributed by atoms with Crippen LogP contribution in [-0.4, -0.2) is 34.6 Å². The van der Waals surface area contributed by atoms with Gasteiger partial charge in [0.1, 0.15) is 11.1 Å². The number of carboxylic acid groups (broad SMARTS) is 2. The van der Waals surface area contributed by atoms with Gasteiger partial charge in [0.25, 0.3) is 0 Å². The Morgan fingerprint density at radius 1 is 1.17 bits per heavy atom. The lowest BCUT2D eigenvalue weighted by Gasteiger charge is -2.07. The second-order valence-electron chi connectivity index (χ2n) is 6.03. The van der Waals surface area contributed by atoms with Crippen molar-refractivity contribution in [3.8, 4) is 6.07 Å². The molecule has 0 saturated carbocycles. The van der Waals surface area contributed by atoms with Crippen LogP contribution in [0.2, 0.25) is 5.02 Å². The number of amides is 1. The van der Waals surface area contributed by atoms with Crippen molar-refractivity contribution >= 4 is 45.8 Å². The maximum Gasteiger partial charge on any atom is 0.414 e. The van der Waals surface area contributed by atoms with E-state index in [1.54, 1.807) is 0 Å². The first-order chi connectivity index (χ1) is 13.8. The van der Waals surface area contributed by atoms with Gasteiger partial charge in [-0.05, 0) is 36.5 Å². The number of carbonyl (C=O) groups is 3. The maximum absolute atomic E-state index is 12.1. The minimum absolute atomic E-state index is 0.145. The zero-order valence-electron chi connectivity index (χ0n) is 15.2. The highest BCUT2D eigenvalue weighted by atomic mass is 35.5. The SMILES string of the molecule is N#Cc1c(NC(=O)CNCc2ccccc2Cl)sc2c1CCC2.O=C(O)C(=O)O. The maximum atomic E-state index is 12.1. The number of nitrogens with one attached hydrogen (secondary N) is 2. The van der Waals surface area contributed by atoms with E-state index in [-0.39, 0.29) is 12.5 Å². The van der Waals surface area contributed by atoms with Crippen LogP contribution in [-0.2, 0) is 33.8 Å². The molecule has 152 valence electrons. The Morgan fingerprint density at radius 3 is 2.48 bits per heavy atom. The summed E-state index contributed by atoms with van der Waals surface area (Å²) in [5, 5.41) is 31.4. The third-order valence-corrected chi connectivity index (χ3v) is 5.60. The summed E-state index contributed by atoms with van der Waals surface area (Å²) in [6.07, 6.45) is 3.05. The van der Waals surface area contributed by atoms with Crippen LogP contribution in [0.4, 0.5) is 5.00 Å². The van der Waals surface area contributed by atoms with Gasteiger partial charge in [0.15, 0.2) is 0 Å². The van der Waals surface area contributed by atoms with Gasteiger partial charge in [-0.1, -0.05) is 29.8 Å². The van der Waals surface area contributed by atoms with Crippen LogP contribution in [0.5, 0.6) is 0 Å². The number of nitrogens with zero attached hydrogens (tertiary/aromatic N) is 1. The van der Waals surface area contributed by atoms with E-state index in [0.717, 1.165) is 30.4 Å². The number of aryl methyl sites for hydroxylation is 1. The summed E-state index contributed by atoms with van der Waals surface area (Å²) in [6.45, 7) is 0.706. The summed E-state index contributed by atoms with van der Waals surface area (Å²) in [5.41, 5.74) is 2.72. The van der Waals surface area contributed by atoms with Gasteiger partial charge in [-0.3, -0.25) is 4.79 Å². The van der Waals surface area contributed by atoms with Crippen molar-refractivity contribution in [3.05, 3.63) is 50.9 Å². The fourth-order valence-corrected chi connectivity index (χ4v) is 4.19. The number of nitriles is 1. The molecule has 0 aliphatic heterocycles. The average Bonchev–Trinajstić information content (AvgIpc) is 3.24. The molecule has 1 heterocycles. The fourth-order valence-electron chi connectivity index (χ4n) is 2.73. The number of anilines is 1. The van der Waals surface area contributed by atoms with Crippen LogP contribution in [0, 0.1) is 11.3 Å². The van der Waals surface area contributed by atoms with Crippen LogP contribution in [0.1, 0.15) is 28.0 Å². The van der Waals surface area contributed by atoms with Crippen LogP contribution >= 0.6 is 22.9 Å². The van der Waals surface area contributed by atoms with Crippen LogP contribution < -0.4 is 10.6 Å². The van der Waals surface area contributed by atoms with Gasteiger partial charge >= 0.3 is 11.9 Å². The predicted octanol–water partition coefficient (Wildman–Crippen LogP) is 2.65. The molecule has 0 saturated heterocycles. The van der Waals surface area contributed by atoms with E-state index in [1.807, 2.05) is 24.3 Å². The molecule has 0 atom stereocenters. The number of carboxylic acids is 2. The second kappa shape index (κ2) is 10.6. The third-order valence-electron chi connectivity index (χ3n) is 4.03. The summed E-state index contributed by atoms with van der Waals surface area (Å²) in [7, 11) is 0. The molecule has 29 heavy (non-hydrogen) atoms. The average molecular weight is 436 g/mol. The van der Waals surface area contributed by atoms with E-state index in [4.69, 9.17) is 31.4 Å². The number of hydrogen-bond donors (Lipinski definition) is 4. The van der Waals surface area contributed by atoms with Gasteiger partial charge in [-0.2, -0.15) is 5.26 Å². The molecule has 1 aliphatic carbocycles. The van der Waals surface area contributed by atoms with Crippen molar-refractivity contribution < 1.29 is 24.6 Å². The Kier molecular flexibility index (Phi) is 8.15. The first-order valence-electron chi connectivity index (χ1n) is 8.58. The molecule has 3 rings (SSSR count). The molecule has 8 nitrogen and oxygen atoms in total. The van der Waals surface area contributed by atoms with E-state index >= 15 is 0 Å². The van der Waals surface area contributed by atoms with Crippen molar-refractivity contribution in [2.75, 3.05) is 11.9 Å². The third kappa shape index (κ3) is 6.29. The fraction of sp³-hybridized carbons (Fsp3) is 0.263. The highest BCUT2D eigenvalue weighted by molar-refractivity contribution is 7.16. The molecule has 0 unspecified atom stereocenters. The number of carbonyl (C=O) groups excluding carboxylic acids is 1. The molecule has 10 heteroatoms. The summed E-state index contributed by atoms with van der Waals surface area (Å²) < 4.78 is 0.